The molecule has 0 aliphatic carbocycles. The summed E-state index contributed by atoms with van der Waals surface area (Å²) in [6, 6.07) is -0.545. The minimum absolute atomic E-state index is 0.0446. The summed E-state index contributed by atoms with van der Waals surface area (Å²) in [6.45, 7) is 14.9. The Morgan fingerprint density at radius 1 is 0.912 bits per heavy atom. The molecule has 0 fully saturated rings. The van der Waals surface area contributed by atoms with Crippen LogP contribution < -0.4 is 16.1 Å². The van der Waals surface area contributed by atoms with Crippen molar-refractivity contribution in [3.8, 4) is 0 Å². The molecule has 0 saturated heterocycles. The summed E-state index contributed by atoms with van der Waals surface area (Å²) in [6.07, 6.45) is -0.326. The average molecular weight is 489 g/mol. The van der Waals surface area contributed by atoms with E-state index in [9.17, 15) is 19.2 Å². The number of alkyl carbamates (subject to hydrolysis) is 2. The smallest absolute Gasteiger partial charge is 0.407 e. The van der Waals surface area contributed by atoms with Crippen molar-refractivity contribution in [3.05, 3.63) is 0 Å². The minimum Gasteiger partial charge on any atom is -0.464 e. The van der Waals surface area contributed by atoms with Gasteiger partial charge in [0.25, 0.3) is 0 Å². The average Bonchev–Trinajstić information content (AvgIpc) is 2.60. The Labute approximate surface area is 203 Å². The number of nitrogens with zero attached hydrogens (tertiary/aromatic N) is 1. The molecule has 0 radical (unpaired) electrons. The summed E-state index contributed by atoms with van der Waals surface area (Å²) in [7, 11) is 1.55. The number of nitrogens with one attached hydrogen (secondary N) is 3. The quantitative estimate of drug-likeness (QED) is 0.165. The van der Waals surface area contributed by atoms with Gasteiger partial charge in [0.15, 0.2) is 0 Å². The first kappa shape index (κ1) is 31.4. The van der Waals surface area contributed by atoms with E-state index in [4.69, 9.17) is 14.2 Å². The number of hydrogen-bond acceptors (Lipinski definition) is 8. The molecule has 1 atom stereocenters. The van der Waals surface area contributed by atoms with Crippen LogP contribution in [0.2, 0.25) is 0 Å². The number of carbonyl (C=O) groups excluding carboxylic acids is 4. The molecule has 0 aromatic rings. The second-order valence-corrected chi connectivity index (χ2v) is 10.6. The van der Waals surface area contributed by atoms with Crippen LogP contribution in [0.4, 0.5) is 9.59 Å². The van der Waals surface area contributed by atoms with Gasteiger partial charge in [0.2, 0.25) is 5.91 Å². The number of rotatable bonds is 12. The van der Waals surface area contributed by atoms with Crippen molar-refractivity contribution in [2.75, 3.05) is 26.7 Å². The zero-order valence-corrected chi connectivity index (χ0v) is 22.2. The molecule has 3 amide bonds. The number of likely N-dealkylation sites (N-methyl/N-ethyl adjacent to an activating group) is 1. The molecular weight excluding hydrogens is 444 g/mol. The van der Waals surface area contributed by atoms with Gasteiger partial charge in [-0.25, -0.2) is 14.6 Å². The summed E-state index contributed by atoms with van der Waals surface area (Å²) in [5.41, 5.74) is 1.31. The molecule has 198 valence electrons. The Balaban J connectivity index is 4.76. The van der Waals surface area contributed by atoms with E-state index in [0.29, 0.717) is 26.0 Å². The maximum Gasteiger partial charge on any atom is 0.407 e. The van der Waals surface area contributed by atoms with E-state index in [1.54, 1.807) is 48.6 Å². The number of carbonyl (C=O) groups is 4. The summed E-state index contributed by atoms with van der Waals surface area (Å²) in [4.78, 5) is 48.3. The molecule has 0 aliphatic heterocycles. The van der Waals surface area contributed by atoms with Crippen molar-refractivity contribution in [1.29, 1.82) is 0 Å². The third-order valence-electron chi connectivity index (χ3n) is 3.81. The molecule has 0 aromatic carbocycles. The van der Waals surface area contributed by atoms with Gasteiger partial charge in [-0.1, -0.05) is 13.8 Å². The lowest BCUT2D eigenvalue weighted by Gasteiger charge is -2.24. The Morgan fingerprint density at radius 3 is 2.00 bits per heavy atom. The molecule has 0 aromatic heterocycles. The molecule has 0 rings (SSSR count). The molecule has 0 heterocycles. The molecular formula is C23H44N4O7. The molecule has 0 spiro atoms. The molecule has 0 bridgehead atoms. The van der Waals surface area contributed by atoms with Crippen molar-refractivity contribution in [2.45, 2.75) is 91.9 Å². The van der Waals surface area contributed by atoms with E-state index in [1.165, 1.54) is 5.01 Å². The van der Waals surface area contributed by atoms with E-state index in [1.807, 2.05) is 13.8 Å². The topological polar surface area (TPSA) is 135 Å². The fourth-order valence-corrected chi connectivity index (χ4v) is 2.57. The number of esters is 1. The highest BCUT2D eigenvalue weighted by Crippen LogP contribution is 2.10. The van der Waals surface area contributed by atoms with Crippen molar-refractivity contribution in [2.24, 2.45) is 5.92 Å². The monoisotopic (exact) mass is 488 g/mol. The first-order valence-electron chi connectivity index (χ1n) is 11.6. The van der Waals surface area contributed by atoms with Crippen LogP contribution in [-0.4, -0.2) is 73.1 Å². The van der Waals surface area contributed by atoms with Gasteiger partial charge in [0, 0.05) is 26.1 Å². The lowest BCUT2D eigenvalue weighted by Crippen LogP contribution is -2.46. The number of hydrazine groups is 1. The van der Waals surface area contributed by atoms with Crippen molar-refractivity contribution < 1.29 is 33.4 Å². The van der Waals surface area contributed by atoms with Crippen LogP contribution in [-0.2, 0) is 23.8 Å². The van der Waals surface area contributed by atoms with Gasteiger partial charge in [-0.15, -0.1) is 0 Å². The van der Waals surface area contributed by atoms with Gasteiger partial charge >= 0.3 is 18.2 Å². The summed E-state index contributed by atoms with van der Waals surface area (Å²) in [5.74, 6) is -0.623. The largest absolute Gasteiger partial charge is 0.464 e. The van der Waals surface area contributed by atoms with Gasteiger partial charge < -0.3 is 24.8 Å². The number of amides is 3. The highest BCUT2D eigenvalue weighted by molar-refractivity contribution is 5.78. The molecule has 11 heteroatoms. The first-order chi connectivity index (χ1) is 15.5. The highest BCUT2D eigenvalue weighted by Gasteiger charge is 2.22. The lowest BCUT2D eigenvalue weighted by molar-refractivity contribution is -0.147. The summed E-state index contributed by atoms with van der Waals surface area (Å²) >= 11 is 0. The van der Waals surface area contributed by atoms with E-state index in [0.717, 1.165) is 0 Å². The maximum absolute atomic E-state index is 12.5. The standard InChI is InChI=1S/C23H44N4O7/c1-16(2)15-32-19(29)14-27(9)26-18(28)13-17(25-21(31)34-23(6,7)8)11-10-12-24-20(30)33-22(3,4)5/h16-17H,10-15H2,1-9H3,(H,24,30)(H,25,31)(H,26,28)/t17-/m0/s1. The van der Waals surface area contributed by atoms with Gasteiger partial charge in [-0.3, -0.25) is 15.0 Å². The van der Waals surface area contributed by atoms with Crippen LogP contribution in [0.3, 0.4) is 0 Å². The van der Waals surface area contributed by atoms with Gasteiger partial charge in [-0.05, 0) is 60.3 Å². The van der Waals surface area contributed by atoms with Gasteiger partial charge in [0.05, 0.1) is 6.61 Å². The van der Waals surface area contributed by atoms with Crippen molar-refractivity contribution >= 4 is 24.1 Å². The Morgan fingerprint density at radius 2 is 1.47 bits per heavy atom. The molecule has 0 saturated carbocycles. The normalized spacial score (nSPS) is 12.7. The number of hydrogen-bond donors (Lipinski definition) is 3. The fourth-order valence-electron chi connectivity index (χ4n) is 2.57. The van der Waals surface area contributed by atoms with Crippen LogP contribution in [0.1, 0.15) is 74.7 Å². The Bertz CT molecular complexity index is 669. The zero-order chi connectivity index (χ0) is 26.5. The predicted octanol–water partition coefficient (Wildman–Crippen LogP) is 2.74. The molecule has 11 nitrogen and oxygen atoms in total. The predicted molar refractivity (Wildman–Crippen MR) is 128 cm³/mol. The van der Waals surface area contributed by atoms with E-state index < -0.39 is 35.4 Å². The van der Waals surface area contributed by atoms with Crippen LogP contribution in [0.5, 0.6) is 0 Å². The second kappa shape index (κ2) is 14.6. The highest BCUT2D eigenvalue weighted by atomic mass is 16.6. The first-order valence-corrected chi connectivity index (χ1v) is 11.6. The van der Waals surface area contributed by atoms with E-state index >= 15 is 0 Å². The van der Waals surface area contributed by atoms with Crippen LogP contribution in [0.15, 0.2) is 0 Å². The van der Waals surface area contributed by atoms with Crippen LogP contribution in [0, 0.1) is 5.92 Å². The van der Waals surface area contributed by atoms with Crippen LogP contribution >= 0.6 is 0 Å². The third-order valence-corrected chi connectivity index (χ3v) is 3.81. The second-order valence-electron chi connectivity index (χ2n) is 10.6. The maximum atomic E-state index is 12.5. The Kier molecular flexibility index (Phi) is 13.5. The third kappa shape index (κ3) is 19.0. The summed E-state index contributed by atoms with van der Waals surface area (Å²) < 4.78 is 15.6. The Hall–Kier alpha value is -2.56. The fraction of sp³-hybridized carbons (Fsp3) is 0.826. The van der Waals surface area contributed by atoms with E-state index in [-0.39, 0.29) is 24.8 Å². The van der Waals surface area contributed by atoms with Crippen molar-refractivity contribution in [1.82, 2.24) is 21.1 Å². The van der Waals surface area contributed by atoms with Crippen LogP contribution in [0.25, 0.3) is 0 Å². The zero-order valence-electron chi connectivity index (χ0n) is 22.2. The van der Waals surface area contributed by atoms with Gasteiger partial charge in [-0.2, -0.15) is 0 Å². The molecule has 3 N–H and O–H groups in total. The molecule has 0 aliphatic rings. The van der Waals surface area contributed by atoms with E-state index in [2.05, 4.69) is 16.1 Å². The molecule has 34 heavy (non-hydrogen) atoms. The van der Waals surface area contributed by atoms with Gasteiger partial charge in [0.1, 0.15) is 17.7 Å². The minimum atomic E-state index is -0.689. The lowest BCUT2D eigenvalue weighted by atomic mass is 10.1. The SMILES string of the molecule is CC(C)COC(=O)CN(C)NC(=O)C[C@H](CCCNC(=O)OC(C)(C)C)NC(=O)OC(C)(C)C. The summed E-state index contributed by atoms with van der Waals surface area (Å²) in [5, 5.41) is 6.68. The molecule has 0 unspecified atom stereocenters. The number of ether oxygens (including phenoxy) is 3. The van der Waals surface area contributed by atoms with Crippen molar-refractivity contribution in [3.63, 3.8) is 0 Å².